The summed E-state index contributed by atoms with van der Waals surface area (Å²) in [6, 6.07) is 8.68. The fourth-order valence-corrected chi connectivity index (χ4v) is 3.55. The lowest BCUT2D eigenvalue weighted by molar-refractivity contribution is 0.0500. The van der Waals surface area contributed by atoms with E-state index in [9.17, 15) is 4.79 Å². The topological polar surface area (TPSA) is 108 Å². The second kappa shape index (κ2) is 8.90. The van der Waals surface area contributed by atoms with Crippen molar-refractivity contribution in [3.8, 4) is 11.1 Å². The first-order chi connectivity index (χ1) is 16.5. The van der Waals surface area contributed by atoms with Crippen molar-refractivity contribution in [2.24, 2.45) is 0 Å². The van der Waals surface area contributed by atoms with Gasteiger partial charge in [-0.25, -0.2) is 14.8 Å². The summed E-state index contributed by atoms with van der Waals surface area (Å²) in [5.74, 6) is 0.216. The Morgan fingerprint density at radius 3 is 2.88 bits per heavy atom. The van der Waals surface area contributed by atoms with Crippen LogP contribution in [0.5, 0.6) is 0 Å². The third-order valence-corrected chi connectivity index (χ3v) is 4.90. The number of nitrogens with one attached hydrogen (secondary N) is 1. The maximum absolute atomic E-state index is 12.5. The molecule has 33 heavy (non-hydrogen) atoms. The number of aromatic nitrogens is 4. The van der Waals surface area contributed by atoms with Gasteiger partial charge in [0.15, 0.2) is 0 Å². The van der Waals surface area contributed by atoms with Gasteiger partial charge in [-0.15, -0.1) is 6.58 Å². The maximum Gasteiger partial charge on any atom is 0.407 e. The number of para-hydroxylation sites is 1. The molecule has 1 aromatic carbocycles. The average molecular weight is 447 g/mol. The lowest BCUT2D eigenvalue weighted by Gasteiger charge is -2.23. The highest BCUT2D eigenvalue weighted by molar-refractivity contribution is 6.01. The molecule has 0 radical (unpaired) electrons. The Bertz CT molecular complexity index is 1410. The number of nitrogen functional groups attached to an aromatic ring is 1. The number of fused-ring (bicyclic) bond motifs is 2. The first-order valence-electron chi connectivity index (χ1n) is 11.6. The molecule has 0 spiro atoms. The molecule has 3 heterocycles. The van der Waals surface area contributed by atoms with Gasteiger partial charge in [0.25, 0.3) is 0 Å². The van der Waals surface area contributed by atoms with Gasteiger partial charge in [0.1, 0.15) is 23.4 Å². The Morgan fingerprint density at radius 1 is 1.33 bits per heavy atom. The minimum absolute atomic E-state index is 0.152. The molecule has 8 heteroatoms. The summed E-state index contributed by atoms with van der Waals surface area (Å²) in [6.07, 6.45) is 5.61. The number of nitrogens with two attached hydrogens (primary N) is 1. The summed E-state index contributed by atoms with van der Waals surface area (Å²) in [5, 5.41) is 4.08. The van der Waals surface area contributed by atoms with Gasteiger partial charge in [-0.1, -0.05) is 24.3 Å². The Balaban J connectivity index is 1.84. The molecule has 4 aromatic rings. The fourth-order valence-electron chi connectivity index (χ4n) is 3.55. The lowest BCUT2D eigenvalue weighted by Crippen LogP contribution is -2.41. The van der Waals surface area contributed by atoms with E-state index in [2.05, 4.69) is 26.8 Å². The molecule has 170 valence electrons. The molecule has 1 amide bonds. The normalized spacial score (nSPS) is 13.9. The first kappa shape index (κ1) is 19.7. The quantitative estimate of drug-likeness (QED) is 0.416. The van der Waals surface area contributed by atoms with Crippen molar-refractivity contribution in [2.45, 2.75) is 45.3 Å². The van der Waals surface area contributed by atoms with E-state index in [0.717, 1.165) is 16.5 Å². The number of pyridine rings is 1. The molecule has 0 aliphatic carbocycles. The third kappa shape index (κ3) is 4.95. The number of anilines is 1. The van der Waals surface area contributed by atoms with E-state index in [1.807, 2.05) is 30.3 Å². The molecule has 0 saturated heterocycles. The predicted molar refractivity (Wildman–Crippen MR) is 131 cm³/mol. The number of nitrogens with zero attached hydrogens (tertiary/aromatic N) is 4. The second-order valence-electron chi connectivity index (χ2n) is 8.64. The Kier molecular flexibility index (Phi) is 5.32. The summed E-state index contributed by atoms with van der Waals surface area (Å²) in [5.41, 5.74) is 8.02. The second-order valence-corrected chi connectivity index (χ2v) is 8.64. The van der Waals surface area contributed by atoms with Gasteiger partial charge in [0.2, 0.25) is 0 Å². The summed E-state index contributed by atoms with van der Waals surface area (Å²) in [6.45, 7) is 6.84. The van der Waals surface area contributed by atoms with Crippen LogP contribution in [-0.2, 0) is 11.2 Å². The van der Waals surface area contributed by atoms with Gasteiger partial charge in [-0.05, 0) is 39.3 Å². The third-order valence-electron chi connectivity index (χ3n) is 4.90. The summed E-state index contributed by atoms with van der Waals surface area (Å²) in [4.78, 5) is 25.5. The zero-order valence-electron chi connectivity index (χ0n) is 20.9. The molecule has 0 aliphatic heterocycles. The largest absolute Gasteiger partial charge is 0.444 e. The Morgan fingerprint density at radius 2 is 2.12 bits per heavy atom. The predicted octanol–water partition coefficient (Wildman–Crippen LogP) is 4.70. The van der Waals surface area contributed by atoms with Crippen molar-refractivity contribution in [3.63, 3.8) is 0 Å². The molecule has 3 N–H and O–H groups in total. The van der Waals surface area contributed by atoms with Crippen molar-refractivity contribution in [2.75, 3.05) is 5.73 Å². The van der Waals surface area contributed by atoms with Gasteiger partial charge in [-0.2, -0.15) is 0 Å². The molecule has 0 saturated carbocycles. The molecule has 4 rings (SSSR count). The van der Waals surface area contributed by atoms with Gasteiger partial charge in [0, 0.05) is 35.4 Å². The van der Waals surface area contributed by atoms with Crippen LogP contribution >= 0.6 is 0 Å². The van der Waals surface area contributed by atoms with Crippen LogP contribution in [0, 0.1) is 0 Å². The van der Waals surface area contributed by atoms with Crippen LogP contribution in [0.2, 0.25) is 0 Å². The average Bonchev–Trinajstić information content (AvgIpc) is 3.19. The van der Waals surface area contributed by atoms with Crippen LogP contribution < -0.4 is 11.1 Å². The molecule has 1 atom stereocenters. The summed E-state index contributed by atoms with van der Waals surface area (Å²) < 4.78 is 24.7. The smallest absolute Gasteiger partial charge is 0.407 e. The van der Waals surface area contributed by atoms with Crippen LogP contribution in [0.1, 0.15) is 29.9 Å². The number of rotatable bonds is 6. The number of carbonyl (C=O) groups excluding carboxylic acids is 1. The number of benzene rings is 1. The van der Waals surface area contributed by atoms with Gasteiger partial charge >= 0.3 is 6.09 Å². The zero-order valence-corrected chi connectivity index (χ0v) is 18.9. The summed E-state index contributed by atoms with van der Waals surface area (Å²) >= 11 is 0. The zero-order chi connectivity index (χ0) is 25.4. The number of amides is 1. The van der Waals surface area contributed by atoms with E-state index in [-0.39, 0.29) is 12.2 Å². The fraction of sp³-hybridized carbons (Fsp3) is 0.280. The van der Waals surface area contributed by atoms with E-state index >= 15 is 0 Å². The molecule has 0 fully saturated rings. The minimum atomic E-state index is -2.12. The SMILES string of the molecule is [2H]C([2H])([C@H](CC=C)NC(=O)OC(C)(C)C)n1cc(-c2cnc3ccccc3c2)c2c(N)ncnc21. The molecular formula is C25H28N6O2. The summed E-state index contributed by atoms with van der Waals surface area (Å²) in [7, 11) is 0. The van der Waals surface area contributed by atoms with Crippen molar-refractivity contribution in [1.82, 2.24) is 24.8 Å². The van der Waals surface area contributed by atoms with Crippen molar-refractivity contribution < 1.29 is 12.3 Å². The minimum Gasteiger partial charge on any atom is -0.444 e. The lowest BCUT2D eigenvalue weighted by atomic mass is 10.1. The Labute approximate surface area is 195 Å². The molecule has 0 unspecified atom stereocenters. The monoisotopic (exact) mass is 446 g/mol. The van der Waals surface area contributed by atoms with Crippen molar-refractivity contribution >= 4 is 33.8 Å². The maximum atomic E-state index is 12.5. The van der Waals surface area contributed by atoms with E-state index in [0.29, 0.717) is 16.6 Å². The van der Waals surface area contributed by atoms with E-state index in [1.165, 1.54) is 10.9 Å². The molecule has 8 nitrogen and oxygen atoms in total. The highest BCUT2D eigenvalue weighted by Crippen LogP contribution is 2.33. The number of carbonyl (C=O) groups is 1. The van der Waals surface area contributed by atoms with Crippen LogP contribution in [0.15, 0.2) is 61.7 Å². The molecule has 3 aromatic heterocycles. The number of alkyl carbamates (subject to hydrolysis) is 1. The number of hydrogen-bond acceptors (Lipinski definition) is 6. The molecular weight excluding hydrogens is 416 g/mol. The Hall–Kier alpha value is -3.94. The van der Waals surface area contributed by atoms with E-state index in [1.54, 1.807) is 39.2 Å². The molecule has 0 bridgehead atoms. The van der Waals surface area contributed by atoms with Crippen LogP contribution in [0.25, 0.3) is 33.1 Å². The first-order valence-corrected chi connectivity index (χ1v) is 10.6. The van der Waals surface area contributed by atoms with Crippen LogP contribution in [-0.4, -0.2) is 37.3 Å². The van der Waals surface area contributed by atoms with Gasteiger partial charge < -0.3 is 20.4 Å². The van der Waals surface area contributed by atoms with E-state index < -0.39 is 24.2 Å². The van der Waals surface area contributed by atoms with Crippen LogP contribution in [0.3, 0.4) is 0 Å². The highest BCUT2D eigenvalue weighted by atomic mass is 16.6. The van der Waals surface area contributed by atoms with Crippen molar-refractivity contribution in [1.29, 1.82) is 0 Å². The molecule has 0 aliphatic rings. The standard InChI is InChI=1S/C25H28N6O2/c1-5-8-18(30-24(32)33-25(2,3)4)13-31-14-19(21-22(26)28-15-29-23(21)31)17-11-16-9-6-7-10-20(16)27-12-17/h5-7,9-12,14-15,18H,1,8,13H2,2-4H3,(H,30,32)(H2,26,28,29)/t18-/m0/s1/i13D2. The van der Waals surface area contributed by atoms with Crippen molar-refractivity contribution in [3.05, 3.63) is 61.7 Å². The number of ether oxygens (including phenoxy) is 1. The van der Waals surface area contributed by atoms with Gasteiger partial charge in [-0.3, -0.25) is 4.98 Å². The number of hydrogen-bond donors (Lipinski definition) is 2. The van der Waals surface area contributed by atoms with E-state index in [4.69, 9.17) is 13.2 Å². The highest BCUT2D eigenvalue weighted by Gasteiger charge is 2.22. The van der Waals surface area contributed by atoms with Crippen LogP contribution in [0.4, 0.5) is 10.6 Å². The van der Waals surface area contributed by atoms with Gasteiger partial charge in [0.05, 0.1) is 19.7 Å².